The molecule has 1 aliphatic carbocycles. The third kappa shape index (κ3) is 2.67. The molecule has 1 saturated heterocycles. The lowest BCUT2D eigenvalue weighted by molar-refractivity contribution is 0.174. The molecule has 19 heavy (non-hydrogen) atoms. The van der Waals surface area contributed by atoms with Gasteiger partial charge in [-0.1, -0.05) is 25.0 Å². The second kappa shape index (κ2) is 5.59. The molecule has 1 aliphatic heterocycles. The monoisotopic (exact) mass is 262 g/mol. The maximum absolute atomic E-state index is 13.9. The molecule has 0 bridgehead atoms. The summed E-state index contributed by atoms with van der Waals surface area (Å²) < 4.78 is 13.9. The molecule has 2 fully saturated rings. The second-order valence-electron chi connectivity index (χ2n) is 6.00. The van der Waals surface area contributed by atoms with Crippen LogP contribution in [0.3, 0.4) is 0 Å². The predicted octanol–water partition coefficient (Wildman–Crippen LogP) is 3.05. The number of halogens is 1. The number of nitrogens with zero attached hydrogens (tertiary/aromatic N) is 1. The molecular weight excluding hydrogens is 239 g/mol. The summed E-state index contributed by atoms with van der Waals surface area (Å²) in [5.41, 5.74) is 7.49. The normalized spacial score (nSPS) is 27.5. The third-order valence-corrected chi connectivity index (χ3v) is 4.84. The fourth-order valence-electron chi connectivity index (χ4n) is 3.79. The van der Waals surface area contributed by atoms with Crippen molar-refractivity contribution in [2.45, 2.75) is 51.2 Å². The Morgan fingerprint density at radius 2 is 2.05 bits per heavy atom. The molecule has 1 aromatic carbocycles. The molecule has 1 saturated carbocycles. The second-order valence-corrected chi connectivity index (χ2v) is 6.00. The van der Waals surface area contributed by atoms with Gasteiger partial charge in [0.05, 0.1) is 0 Å². The molecule has 0 aromatic heterocycles. The molecule has 0 radical (unpaired) electrons. The van der Waals surface area contributed by atoms with Crippen molar-refractivity contribution in [3.05, 3.63) is 35.1 Å². The van der Waals surface area contributed by atoms with Gasteiger partial charge in [-0.15, -0.1) is 0 Å². The van der Waals surface area contributed by atoms with Crippen molar-refractivity contribution in [1.82, 2.24) is 4.90 Å². The van der Waals surface area contributed by atoms with Gasteiger partial charge in [-0.25, -0.2) is 4.39 Å². The van der Waals surface area contributed by atoms with Crippen LogP contribution >= 0.6 is 0 Å². The van der Waals surface area contributed by atoms with E-state index in [1.54, 1.807) is 12.1 Å². The van der Waals surface area contributed by atoms with E-state index < -0.39 is 0 Å². The van der Waals surface area contributed by atoms with Gasteiger partial charge in [0, 0.05) is 24.7 Å². The third-order valence-electron chi connectivity index (χ3n) is 4.84. The van der Waals surface area contributed by atoms with Crippen molar-refractivity contribution < 1.29 is 4.39 Å². The lowest BCUT2D eigenvalue weighted by Crippen LogP contribution is -2.34. The van der Waals surface area contributed by atoms with Crippen LogP contribution in [0.4, 0.5) is 4.39 Å². The van der Waals surface area contributed by atoms with E-state index in [0.29, 0.717) is 12.6 Å². The van der Waals surface area contributed by atoms with Gasteiger partial charge in [-0.2, -0.15) is 0 Å². The van der Waals surface area contributed by atoms with Gasteiger partial charge in [0.25, 0.3) is 0 Å². The predicted molar refractivity (Wildman–Crippen MR) is 75.1 cm³/mol. The topological polar surface area (TPSA) is 29.3 Å². The van der Waals surface area contributed by atoms with E-state index in [4.69, 9.17) is 5.73 Å². The highest BCUT2D eigenvalue weighted by Crippen LogP contribution is 2.37. The van der Waals surface area contributed by atoms with E-state index in [2.05, 4.69) is 4.90 Å². The van der Waals surface area contributed by atoms with Gasteiger partial charge in [0.1, 0.15) is 5.82 Å². The first-order valence-corrected chi connectivity index (χ1v) is 7.49. The smallest absolute Gasteiger partial charge is 0.127 e. The van der Waals surface area contributed by atoms with E-state index in [-0.39, 0.29) is 5.82 Å². The molecule has 2 N–H and O–H groups in total. The van der Waals surface area contributed by atoms with Crippen LogP contribution in [0, 0.1) is 11.7 Å². The first-order chi connectivity index (χ1) is 9.28. The zero-order valence-corrected chi connectivity index (χ0v) is 11.4. The van der Waals surface area contributed by atoms with Gasteiger partial charge in [-0.05, 0) is 43.4 Å². The minimum Gasteiger partial charge on any atom is -0.326 e. The van der Waals surface area contributed by atoms with Crippen LogP contribution < -0.4 is 5.73 Å². The summed E-state index contributed by atoms with van der Waals surface area (Å²) in [5.74, 6) is 0.769. The maximum Gasteiger partial charge on any atom is 0.127 e. The minimum absolute atomic E-state index is 0.0866. The Balaban J connectivity index is 1.74. The zero-order valence-electron chi connectivity index (χ0n) is 11.4. The molecule has 2 aliphatic rings. The first-order valence-electron chi connectivity index (χ1n) is 7.49. The molecular formula is C16H23FN2. The average Bonchev–Trinajstić information content (AvgIpc) is 2.85. The number of hydrogen-bond donors (Lipinski definition) is 1. The minimum atomic E-state index is -0.0866. The van der Waals surface area contributed by atoms with Crippen molar-refractivity contribution in [1.29, 1.82) is 0 Å². The summed E-state index contributed by atoms with van der Waals surface area (Å²) in [6, 6.07) is 5.97. The number of nitrogens with two attached hydrogens (primary N) is 1. The van der Waals surface area contributed by atoms with E-state index >= 15 is 0 Å². The molecule has 1 aromatic rings. The van der Waals surface area contributed by atoms with Crippen molar-refractivity contribution >= 4 is 0 Å². The standard InChI is InChI=1S/C16H23FN2/c17-15-6-5-12(10-18)9-14(15)11-19-8-7-13-3-1-2-4-16(13)19/h5-6,9,13,16H,1-4,7-8,10-11,18H2. The van der Waals surface area contributed by atoms with Crippen LogP contribution in [-0.2, 0) is 13.1 Å². The summed E-state index contributed by atoms with van der Waals surface area (Å²) in [5, 5.41) is 0. The SMILES string of the molecule is NCc1ccc(F)c(CN2CCC3CCCCC32)c1. The van der Waals surface area contributed by atoms with Gasteiger partial charge in [0.2, 0.25) is 0 Å². The van der Waals surface area contributed by atoms with E-state index in [1.165, 1.54) is 32.1 Å². The summed E-state index contributed by atoms with van der Waals surface area (Å²) in [6.07, 6.45) is 6.67. The molecule has 0 spiro atoms. The fraction of sp³-hybridized carbons (Fsp3) is 0.625. The molecule has 0 amide bonds. The highest BCUT2D eigenvalue weighted by molar-refractivity contribution is 5.25. The van der Waals surface area contributed by atoms with Gasteiger partial charge >= 0.3 is 0 Å². The lowest BCUT2D eigenvalue weighted by Gasteiger charge is -2.31. The molecule has 1 heterocycles. The van der Waals surface area contributed by atoms with E-state index in [0.717, 1.165) is 30.1 Å². The number of benzene rings is 1. The maximum atomic E-state index is 13.9. The average molecular weight is 262 g/mol. The lowest BCUT2D eigenvalue weighted by atomic mass is 9.85. The van der Waals surface area contributed by atoms with Gasteiger partial charge in [0.15, 0.2) is 0 Å². The highest BCUT2D eigenvalue weighted by Gasteiger charge is 2.35. The van der Waals surface area contributed by atoms with Gasteiger partial charge in [-0.3, -0.25) is 4.90 Å². The molecule has 2 unspecified atom stereocenters. The summed E-state index contributed by atoms with van der Waals surface area (Å²) in [6.45, 7) is 2.36. The first kappa shape index (κ1) is 13.1. The van der Waals surface area contributed by atoms with Crippen LogP contribution in [0.25, 0.3) is 0 Å². The van der Waals surface area contributed by atoms with Crippen LogP contribution in [0.2, 0.25) is 0 Å². The highest BCUT2D eigenvalue weighted by atomic mass is 19.1. The summed E-state index contributed by atoms with van der Waals surface area (Å²) in [4.78, 5) is 2.49. The number of fused-ring (bicyclic) bond motifs is 1. The molecule has 104 valence electrons. The van der Waals surface area contributed by atoms with Crippen molar-refractivity contribution in [2.75, 3.05) is 6.54 Å². The summed E-state index contributed by atoms with van der Waals surface area (Å²) >= 11 is 0. The van der Waals surface area contributed by atoms with Crippen molar-refractivity contribution in [2.24, 2.45) is 11.7 Å². The van der Waals surface area contributed by atoms with Crippen molar-refractivity contribution in [3.63, 3.8) is 0 Å². The molecule has 2 nitrogen and oxygen atoms in total. The molecule has 3 rings (SSSR count). The largest absolute Gasteiger partial charge is 0.326 e. The Morgan fingerprint density at radius 1 is 1.21 bits per heavy atom. The van der Waals surface area contributed by atoms with Crippen LogP contribution in [0.5, 0.6) is 0 Å². The number of rotatable bonds is 3. The quantitative estimate of drug-likeness (QED) is 0.907. The number of hydrogen-bond acceptors (Lipinski definition) is 2. The fourth-order valence-corrected chi connectivity index (χ4v) is 3.79. The zero-order chi connectivity index (χ0) is 13.2. The van der Waals surface area contributed by atoms with E-state index in [9.17, 15) is 4.39 Å². The van der Waals surface area contributed by atoms with Crippen molar-refractivity contribution in [3.8, 4) is 0 Å². The van der Waals surface area contributed by atoms with Gasteiger partial charge < -0.3 is 5.73 Å². The Hall–Kier alpha value is -0.930. The van der Waals surface area contributed by atoms with E-state index in [1.807, 2.05) is 6.07 Å². The summed E-state index contributed by atoms with van der Waals surface area (Å²) in [7, 11) is 0. The van der Waals surface area contributed by atoms with Crippen LogP contribution in [0.1, 0.15) is 43.2 Å². The van der Waals surface area contributed by atoms with Crippen LogP contribution in [0.15, 0.2) is 18.2 Å². The Morgan fingerprint density at radius 3 is 2.89 bits per heavy atom. The Labute approximate surface area is 114 Å². The van der Waals surface area contributed by atoms with Crippen LogP contribution in [-0.4, -0.2) is 17.5 Å². The number of likely N-dealkylation sites (tertiary alicyclic amines) is 1. The molecule has 3 heteroatoms. The molecule has 2 atom stereocenters. The Bertz CT molecular complexity index is 446. The Kier molecular flexibility index (Phi) is 3.85.